The van der Waals surface area contributed by atoms with Gasteiger partial charge >= 0.3 is 0 Å². The Morgan fingerprint density at radius 1 is 1.70 bits per heavy atom. The largest absolute Gasteiger partial charge is 0.289 e. The molecule has 1 amide bonds. The number of rotatable bonds is 4. The number of nitrogens with one attached hydrogen (secondary N) is 1. The molecule has 0 aliphatic carbocycles. The van der Waals surface area contributed by atoms with Gasteiger partial charge in [-0.05, 0) is 12.3 Å². The van der Waals surface area contributed by atoms with Crippen LogP contribution in [0.5, 0.6) is 0 Å². The second-order valence-electron chi connectivity index (χ2n) is 2.59. The van der Waals surface area contributed by atoms with Crippen molar-refractivity contribution in [3.63, 3.8) is 0 Å². The van der Waals surface area contributed by atoms with Gasteiger partial charge in [-0.25, -0.2) is 5.48 Å². The monoisotopic (exact) mass is 145 g/mol. The van der Waals surface area contributed by atoms with E-state index in [1.54, 1.807) is 5.48 Å². The lowest BCUT2D eigenvalue weighted by Gasteiger charge is -2.05. The van der Waals surface area contributed by atoms with Gasteiger partial charge in [0.15, 0.2) is 0 Å². The van der Waals surface area contributed by atoms with Crippen molar-refractivity contribution in [1.82, 2.24) is 5.48 Å². The lowest BCUT2D eigenvalue weighted by Crippen LogP contribution is -2.18. The molecule has 0 heterocycles. The van der Waals surface area contributed by atoms with Crippen LogP contribution in [0.25, 0.3) is 0 Å². The zero-order valence-corrected chi connectivity index (χ0v) is 6.55. The molecule has 0 saturated heterocycles. The smallest absolute Gasteiger partial charge is 0.243 e. The molecule has 1 unspecified atom stereocenters. The van der Waals surface area contributed by atoms with Crippen LogP contribution in [0.1, 0.15) is 33.1 Å². The molecule has 3 heteroatoms. The first-order valence-corrected chi connectivity index (χ1v) is 3.63. The maximum atomic E-state index is 10.5. The van der Waals surface area contributed by atoms with Gasteiger partial charge in [0.25, 0.3) is 0 Å². The van der Waals surface area contributed by atoms with E-state index in [0.29, 0.717) is 12.3 Å². The van der Waals surface area contributed by atoms with Crippen LogP contribution in [-0.2, 0) is 4.79 Å². The Kier molecular flexibility index (Phi) is 4.94. The summed E-state index contributed by atoms with van der Waals surface area (Å²) >= 11 is 0. The molecular formula is C7H15NO2. The van der Waals surface area contributed by atoms with Crippen LogP contribution >= 0.6 is 0 Å². The fraction of sp³-hybridized carbons (Fsp3) is 0.857. The highest BCUT2D eigenvalue weighted by molar-refractivity contribution is 5.74. The Bertz CT molecular complexity index is 104. The van der Waals surface area contributed by atoms with E-state index < -0.39 is 0 Å². The molecule has 0 saturated carbocycles. The number of hydrogen-bond donors (Lipinski definition) is 2. The van der Waals surface area contributed by atoms with Crippen LogP contribution in [0.15, 0.2) is 0 Å². The lowest BCUT2D eigenvalue weighted by atomic mass is 10.0. The van der Waals surface area contributed by atoms with Crippen LogP contribution in [0.3, 0.4) is 0 Å². The average Bonchev–Trinajstić information content (AvgIpc) is 1.99. The van der Waals surface area contributed by atoms with Crippen LogP contribution in [0.2, 0.25) is 0 Å². The highest BCUT2D eigenvalue weighted by atomic mass is 16.5. The van der Waals surface area contributed by atoms with Crippen LogP contribution in [0.4, 0.5) is 0 Å². The Hall–Kier alpha value is -0.570. The third-order valence-electron chi connectivity index (χ3n) is 1.69. The summed E-state index contributed by atoms with van der Waals surface area (Å²) in [4.78, 5) is 10.5. The van der Waals surface area contributed by atoms with Crippen LogP contribution in [-0.4, -0.2) is 11.1 Å². The number of carbonyl (C=O) groups excluding carboxylic acids is 1. The molecular weight excluding hydrogens is 130 g/mol. The fourth-order valence-corrected chi connectivity index (χ4v) is 0.638. The van der Waals surface area contributed by atoms with Gasteiger partial charge in [-0.15, -0.1) is 0 Å². The minimum atomic E-state index is -0.291. The van der Waals surface area contributed by atoms with Gasteiger partial charge in [0.1, 0.15) is 0 Å². The molecule has 0 aromatic rings. The fourth-order valence-electron chi connectivity index (χ4n) is 0.638. The van der Waals surface area contributed by atoms with Crippen molar-refractivity contribution < 1.29 is 10.0 Å². The van der Waals surface area contributed by atoms with Gasteiger partial charge in [-0.1, -0.05) is 20.3 Å². The van der Waals surface area contributed by atoms with Gasteiger partial charge in [0.05, 0.1) is 0 Å². The Morgan fingerprint density at radius 2 is 2.30 bits per heavy atom. The van der Waals surface area contributed by atoms with Crippen molar-refractivity contribution >= 4 is 5.91 Å². The van der Waals surface area contributed by atoms with Gasteiger partial charge in [0, 0.05) is 6.42 Å². The first kappa shape index (κ1) is 9.43. The summed E-state index contributed by atoms with van der Waals surface area (Å²) in [5.74, 6) is 0.276. The molecule has 0 rings (SSSR count). The van der Waals surface area contributed by atoms with E-state index in [0.717, 1.165) is 12.8 Å². The van der Waals surface area contributed by atoms with Crippen LogP contribution in [0, 0.1) is 5.92 Å². The van der Waals surface area contributed by atoms with E-state index in [9.17, 15) is 4.79 Å². The molecule has 0 bridgehead atoms. The maximum absolute atomic E-state index is 10.5. The summed E-state index contributed by atoms with van der Waals surface area (Å²) in [6, 6.07) is 0. The molecule has 3 nitrogen and oxygen atoms in total. The molecule has 0 aliphatic heterocycles. The SMILES string of the molecule is CCC(C)CCC(=O)NO. The van der Waals surface area contributed by atoms with Crippen molar-refractivity contribution in [2.75, 3.05) is 0 Å². The van der Waals surface area contributed by atoms with Gasteiger partial charge in [-0.3, -0.25) is 10.0 Å². The zero-order valence-electron chi connectivity index (χ0n) is 6.55. The van der Waals surface area contributed by atoms with E-state index in [4.69, 9.17) is 5.21 Å². The van der Waals surface area contributed by atoms with E-state index in [1.807, 2.05) is 0 Å². The number of hydroxylamine groups is 1. The topological polar surface area (TPSA) is 49.3 Å². The first-order chi connectivity index (χ1) is 4.70. The van der Waals surface area contributed by atoms with Crippen molar-refractivity contribution in [2.45, 2.75) is 33.1 Å². The quantitative estimate of drug-likeness (QED) is 0.463. The highest BCUT2D eigenvalue weighted by Crippen LogP contribution is 2.08. The second-order valence-corrected chi connectivity index (χ2v) is 2.59. The first-order valence-electron chi connectivity index (χ1n) is 3.63. The molecule has 1 atom stereocenters. The molecule has 0 aliphatic rings. The summed E-state index contributed by atoms with van der Waals surface area (Å²) in [6.07, 6.45) is 2.35. The molecule has 2 N–H and O–H groups in total. The minimum Gasteiger partial charge on any atom is -0.289 e. The van der Waals surface area contributed by atoms with Crippen molar-refractivity contribution in [3.8, 4) is 0 Å². The zero-order chi connectivity index (χ0) is 7.98. The van der Waals surface area contributed by atoms with E-state index in [1.165, 1.54) is 0 Å². The van der Waals surface area contributed by atoms with Crippen molar-refractivity contribution in [3.05, 3.63) is 0 Å². The second kappa shape index (κ2) is 5.23. The standard InChI is InChI=1S/C7H15NO2/c1-3-6(2)4-5-7(9)8-10/h6,10H,3-5H2,1-2H3,(H,8,9). The molecule has 60 valence electrons. The predicted octanol–water partition coefficient (Wildman–Crippen LogP) is 1.32. The molecule has 0 aromatic carbocycles. The third kappa shape index (κ3) is 4.32. The number of carbonyl (C=O) groups is 1. The minimum absolute atomic E-state index is 0.291. The van der Waals surface area contributed by atoms with E-state index in [2.05, 4.69) is 13.8 Å². The predicted molar refractivity (Wildman–Crippen MR) is 38.6 cm³/mol. The molecule has 10 heavy (non-hydrogen) atoms. The molecule has 0 aromatic heterocycles. The normalized spacial score (nSPS) is 12.7. The summed E-state index contributed by atoms with van der Waals surface area (Å²) in [7, 11) is 0. The summed E-state index contributed by atoms with van der Waals surface area (Å²) < 4.78 is 0. The van der Waals surface area contributed by atoms with Gasteiger partial charge in [-0.2, -0.15) is 0 Å². The number of hydrogen-bond acceptors (Lipinski definition) is 2. The maximum Gasteiger partial charge on any atom is 0.243 e. The Balaban J connectivity index is 3.26. The summed E-state index contributed by atoms with van der Waals surface area (Å²) in [5.41, 5.74) is 1.61. The number of amides is 1. The Morgan fingerprint density at radius 3 is 2.70 bits per heavy atom. The van der Waals surface area contributed by atoms with Gasteiger partial charge in [0.2, 0.25) is 5.91 Å². The molecule has 0 fully saturated rings. The summed E-state index contributed by atoms with van der Waals surface area (Å²) in [6.45, 7) is 4.17. The average molecular weight is 145 g/mol. The van der Waals surface area contributed by atoms with Crippen molar-refractivity contribution in [2.24, 2.45) is 5.92 Å². The van der Waals surface area contributed by atoms with E-state index in [-0.39, 0.29) is 5.91 Å². The highest BCUT2D eigenvalue weighted by Gasteiger charge is 2.02. The Labute approximate surface area is 61.4 Å². The summed E-state index contributed by atoms with van der Waals surface area (Å²) in [5, 5.41) is 8.12. The van der Waals surface area contributed by atoms with Crippen molar-refractivity contribution in [1.29, 1.82) is 0 Å². The van der Waals surface area contributed by atoms with Gasteiger partial charge < -0.3 is 0 Å². The lowest BCUT2D eigenvalue weighted by molar-refractivity contribution is -0.129. The molecule has 0 spiro atoms. The third-order valence-corrected chi connectivity index (χ3v) is 1.69. The van der Waals surface area contributed by atoms with Crippen LogP contribution < -0.4 is 5.48 Å². The van der Waals surface area contributed by atoms with E-state index >= 15 is 0 Å². The molecule has 0 radical (unpaired) electrons.